The maximum absolute atomic E-state index is 12.5. The van der Waals surface area contributed by atoms with Crippen molar-refractivity contribution in [1.82, 2.24) is 9.80 Å². The number of amides is 2. The van der Waals surface area contributed by atoms with E-state index in [1.807, 2.05) is 23.0 Å². The summed E-state index contributed by atoms with van der Waals surface area (Å²) in [5.41, 5.74) is 0. The van der Waals surface area contributed by atoms with Gasteiger partial charge >= 0.3 is 0 Å². The number of hydrogen-bond donors (Lipinski definition) is 0. The maximum Gasteiger partial charge on any atom is 0.246 e. The summed E-state index contributed by atoms with van der Waals surface area (Å²) in [7, 11) is 0. The van der Waals surface area contributed by atoms with Crippen LogP contribution in [0.25, 0.3) is 0 Å². The molecule has 2 rings (SSSR count). The van der Waals surface area contributed by atoms with Crippen molar-refractivity contribution in [2.45, 2.75) is 44.7 Å². The predicted octanol–water partition coefficient (Wildman–Crippen LogP) is 1.35. The second-order valence-corrected chi connectivity index (χ2v) is 5.98. The third-order valence-electron chi connectivity index (χ3n) is 3.94. The second kappa shape index (κ2) is 5.95. The van der Waals surface area contributed by atoms with E-state index in [0.29, 0.717) is 6.54 Å². The standard InChI is InChI=1S/C13H22N2O2S/c1-3-10-12(16)14-7-5-4-6-11(14)13(17)15(10)8-9-18-2/h10-11H,3-9H2,1-2H3. The average Bonchev–Trinajstić information content (AvgIpc) is 2.41. The Balaban J connectivity index is 2.18. The average molecular weight is 270 g/mol. The van der Waals surface area contributed by atoms with Crippen LogP contribution in [0.4, 0.5) is 0 Å². The van der Waals surface area contributed by atoms with Gasteiger partial charge in [0.2, 0.25) is 11.8 Å². The van der Waals surface area contributed by atoms with E-state index in [0.717, 1.165) is 38.0 Å². The summed E-state index contributed by atoms with van der Waals surface area (Å²) in [4.78, 5) is 28.6. The number of piperidine rings is 1. The molecule has 0 N–H and O–H groups in total. The maximum atomic E-state index is 12.5. The normalized spacial score (nSPS) is 28.6. The minimum absolute atomic E-state index is 0.169. The summed E-state index contributed by atoms with van der Waals surface area (Å²) in [5.74, 6) is 1.25. The van der Waals surface area contributed by atoms with Crippen LogP contribution < -0.4 is 0 Å². The lowest BCUT2D eigenvalue weighted by Crippen LogP contribution is -2.65. The first-order valence-electron chi connectivity index (χ1n) is 6.80. The number of piperazine rings is 1. The van der Waals surface area contributed by atoms with Gasteiger partial charge in [0.1, 0.15) is 12.1 Å². The fourth-order valence-corrected chi connectivity index (χ4v) is 3.35. The van der Waals surface area contributed by atoms with E-state index in [9.17, 15) is 9.59 Å². The highest BCUT2D eigenvalue weighted by molar-refractivity contribution is 7.98. The molecule has 0 saturated carbocycles. The van der Waals surface area contributed by atoms with E-state index in [-0.39, 0.29) is 23.9 Å². The molecule has 0 aromatic heterocycles. The van der Waals surface area contributed by atoms with Crippen LogP contribution in [0.15, 0.2) is 0 Å². The van der Waals surface area contributed by atoms with E-state index >= 15 is 0 Å². The first-order chi connectivity index (χ1) is 8.70. The molecule has 2 heterocycles. The Hall–Kier alpha value is -0.710. The highest BCUT2D eigenvalue weighted by atomic mass is 32.2. The number of thioether (sulfide) groups is 1. The van der Waals surface area contributed by atoms with Gasteiger partial charge in [0.05, 0.1) is 0 Å². The van der Waals surface area contributed by atoms with Gasteiger partial charge in [-0.1, -0.05) is 6.92 Å². The van der Waals surface area contributed by atoms with Gasteiger partial charge < -0.3 is 9.80 Å². The molecule has 2 fully saturated rings. The van der Waals surface area contributed by atoms with Crippen LogP contribution in [0.2, 0.25) is 0 Å². The fraction of sp³-hybridized carbons (Fsp3) is 0.846. The van der Waals surface area contributed by atoms with Crippen molar-refractivity contribution in [3.63, 3.8) is 0 Å². The van der Waals surface area contributed by atoms with E-state index in [2.05, 4.69) is 0 Å². The van der Waals surface area contributed by atoms with Gasteiger partial charge in [-0.25, -0.2) is 0 Å². The Morgan fingerprint density at radius 2 is 2.06 bits per heavy atom. The summed E-state index contributed by atoms with van der Waals surface area (Å²) in [6.45, 7) is 3.46. The van der Waals surface area contributed by atoms with Crippen molar-refractivity contribution in [3.8, 4) is 0 Å². The van der Waals surface area contributed by atoms with Gasteiger partial charge in [-0.05, 0) is 31.9 Å². The lowest BCUT2D eigenvalue weighted by Gasteiger charge is -2.46. The Bertz CT molecular complexity index is 335. The molecule has 2 unspecified atom stereocenters. The molecule has 0 aromatic carbocycles. The van der Waals surface area contributed by atoms with Crippen molar-refractivity contribution in [1.29, 1.82) is 0 Å². The lowest BCUT2D eigenvalue weighted by atomic mass is 9.94. The van der Waals surface area contributed by atoms with Crippen LogP contribution in [-0.4, -0.2) is 58.8 Å². The second-order valence-electron chi connectivity index (χ2n) is 4.99. The summed E-state index contributed by atoms with van der Waals surface area (Å²) >= 11 is 1.72. The van der Waals surface area contributed by atoms with Crippen LogP contribution in [0.5, 0.6) is 0 Å². The molecule has 2 saturated heterocycles. The molecule has 18 heavy (non-hydrogen) atoms. The number of carbonyl (C=O) groups is 2. The highest BCUT2D eigenvalue weighted by Gasteiger charge is 2.45. The zero-order valence-corrected chi connectivity index (χ0v) is 12.0. The number of hydrogen-bond acceptors (Lipinski definition) is 3. The lowest BCUT2D eigenvalue weighted by molar-refractivity contribution is -0.163. The highest BCUT2D eigenvalue weighted by Crippen LogP contribution is 2.27. The molecule has 102 valence electrons. The molecule has 4 nitrogen and oxygen atoms in total. The van der Waals surface area contributed by atoms with E-state index in [4.69, 9.17) is 0 Å². The van der Waals surface area contributed by atoms with Gasteiger partial charge in [-0.3, -0.25) is 9.59 Å². The largest absolute Gasteiger partial charge is 0.329 e. The van der Waals surface area contributed by atoms with Crippen LogP contribution in [0.1, 0.15) is 32.6 Å². The topological polar surface area (TPSA) is 40.6 Å². The van der Waals surface area contributed by atoms with Crippen molar-refractivity contribution in [2.75, 3.05) is 25.1 Å². The first kappa shape index (κ1) is 13.7. The number of rotatable bonds is 4. The Morgan fingerprint density at radius 1 is 1.28 bits per heavy atom. The van der Waals surface area contributed by atoms with Crippen molar-refractivity contribution >= 4 is 23.6 Å². The molecule has 2 aliphatic rings. The minimum atomic E-state index is -0.223. The zero-order valence-electron chi connectivity index (χ0n) is 11.2. The van der Waals surface area contributed by atoms with E-state index in [1.54, 1.807) is 11.8 Å². The third kappa shape index (κ3) is 2.37. The quantitative estimate of drug-likeness (QED) is 0.774. The SMILES string of the molecule is CCC1C(=O)N2CCCCC2C(=O)N1CCSC. The van der Waals surface area contributed by atoms with Gasteiger partial charge in [0, 0.05) is 18.8 Å². The van der Waals surface area contributed by atoms with Gasteiger partial charge in [-0.2, -0.15) is 11.8 Å². The van der Waals surface area contributed by atoms with Gasteiger partial charge in [0.15, 0.2) is 0 Å². The van der Waals surface area contributed by atoms with Crippen molar-refractivity contribution < 1.29 is 9.59 Å². The predicted molar refractivity (Wildman–Crippen MR) is 73.5 cm³/mol. The van der Waals surface area contributed by atoms with Crippen LogP contribution in [0, 0.1) is 0 Å². The Morgan fingerprint density at radius 3 is 2.72 bits per heavy atom. The molecular weight excluding hydrogens is 248 g/mol. The molecule has 2 amide bonds. The number of fused-ring (bicyclic) bond motifs is 1. The van der Waals surface area contributed by atoms with Gasteiger partial charge in [-0.15, -0.1) is 0 Å². The number of nitrogens with zero attached hydrogens (tertiary/aromatic N) is 2. The van der Waals surface area contributed by atoms with Crippen LogP contribution in [0.3, 0.4) is 0 Å². The molecule has 5 heteroatoms. The van der Waals surface area contributed by atoms with E-state index in [1.165, 1.54) is 0 Å². The van der Waals surface area contributed by atoms with Crippen molar-refractivity contribution in [2.24, 2.45) is 0 Å². The summed E-state index contributed by atoms with van der Waals surface area (Å²) < 4.78 is 0. The molecular formula is C13H22N2O2S. The van der Waals surface area contributed by atoms with Crippen LogP contribution in [-0.2, 0) is 9.59 Å². The minimum Gasteiger partial charge on any atom is -0.329 e. The molecule has 2 aliphatic heterocycles. The molecule has 0 radical (unpaired) electrons. The molecule has 0 spiro atoms. The summed E-state index contributed by atoms with van der Waals surface area (Å²) in [6, 6.07) is -0.394. The molecule has 0 aromatic rings. The third-order valence-corrected chi connectivity index (χ3v) is 4.53. The Kier molecular flexibility index (Phi) is 4.54. The summed E-state index contributed by atoms with van der Waals surface area (Å²) in [6.07, 6.45) is 5.70. The monoisotopic (exact) mass is 270 g/mol. The fourth-order valence-electron chi connectivity index (χ4n) is 2.97. The van der Waals surface area contributed by atoms with Crippen LogP contribution >= 0.6 is 11.8 Å². The van der Waals surface area contributed by atoms with E-state index < -0.39 is 0 Å². The molecule has 0 aliphatic carbocycles. The Labute approximate surface area is 113 Å². The summed E-state index contributed by atoms with van der Waals surface area (Å²) in [5, 5.41) is 0. The smallest absolute Gasteiger partial charge is 0.246 e. The molecule has 0 bridgehead atoms. The first-order valence-corrected chi connectivity index (χ1v) is 8.20. The molecule has 2 atom stereocenters. The van der Waals surface area contributed by atoms with Crippen molar-refractivity contribution in [3.05, 3.63) is 0 Å². The number of carbonyl (C=O) groups excluding carboxylic acids is 2. The van der Waals surface area contributed by atoms with Gasteiger partial charge in [0.25, 0.3) is 0 Å². The zero-order chi connectivity index (χ0) is 13.1.